The van der Waals surface area contributed by atoms with Gasteiger partial charge in [-0.2, -0.15) is 0 Å². The highest BCUT2D eigenvalue weighted by Crippen LogP contribution is 2.19. The Morgan fingerprint density at radius 3 is 2.68 bits per heavy atom. The number of aryl methyl sites for hydroxylation is 1. The van der Waals surface area contributed by atoms with Crippen LogP contribution in [0, 0.1) is 6.92 Å². The minimum atomic E-state index is 0. The fourth-order valence-electron chi connectivity index (χ4n) is 2.77. The van der Waals surface area contributed by atoms with Gasteiger partial charge in [0.25, 0.3) is 0 Å². The number of hydrogen-bond acceptors (Lipinski definition) is 5. The monoisotopic (exact) mass is 535 g/mol. The Morgan fingerprint density at radius 1 is 1.13 bits per heavy atom. The molecule has 0 bridgehead atoms. The number of aromatic nitrogens is 2. The lowest BCUT2D eigenvalue weighted by molar-refractivity contribution is 0.302. The Morgan fingerprint density at radius 2 is 1.94 bits per heavy atom. The molecule has 0 amide bonds. The molecule has 8 heteroatoms. The molecule has 0 fully saturated rings. The molecule has 0 radical (unpaired) electrons. The molecule has 0 aliphatic heterocycles. The number of ether oxygens (including phenoxy) is 1. The van der Waals surface area contributed by atoms with Gasteiger partial charge in [0.2, 0.25) is 11.8 Å². The van der Waals surface area contributed by atoms with Crippen molar-refractivity contribution in [1.29, 1.82) is 0 Å². The van der Waals surface area contributed by atoms with Crippen LogP contribution in [0.15, 0.2) is 58.3 Å². The van der Waals surface area contributed by atoms with Crippen molar-refractivity contribution in [2.24, 2.45) is 4.99 Å². The van der Waals surface area contributed by atoms with Gasteiger partial charge in [0.15, 0.2) is 5.96 Å². The zero-order valence-corrected chi connectivity index (χ0v) is 20.6. The second-order valence-corrected chi connectivity index (χ2v) is 6.87. The predicted octanol–water partition coefficient (Wildman–Crippen LogP) is 4.71. The van der Waals surface area contributed by atoms with Crippen LogP contribution in [-0.2, 0) is 13.1 Å². The molecule has 3 rings (SSSR count). The van der Waals surface area contributed by atoms with Gasteiger partial charge >= 0.3 is 0 Å². The molecule has 0 unspecified atom stereocenters. The summed E-state index contributed by atoms with van der Waals surface area (Å²) >= 11 is 0. The van der Waals surface area contributed by atoms with Crippen LogP contribution in [0.3, 0.4) is 0 Å². The van der Waals surface area contributed by atoms with Crippen molar-refractivity contribution in [3.63, 3.8) is 0 Å². The van der Waals surface area contributed by atoms with E-state index in [1.54, 1.807) is 12.5 Å². The van der Waals surface area contributed by atoms with E-state index in [1.807, 2.05) is 43.3 Å². The first-order valence-corrected chi connectivity index (χ1v) is 10.3. The van der Waals surface area contributed by atoms with Gasteiger partial charge in [0.05, 0.1) is 25.4 Å². The Balaban J connectivity index is 0.00000341. The highest BCUT2D eigenvalue weighted by Gasteiger charge is 2.08. The van der Waals surface area contributed by atoms with E-state index in [9.17, 15) is 0 Å². The summed E-state index contributed by atoms with van der Waals surface area (Å²) in [6, 6.07) is 12.0. The molecule has 0 spiro atoms. The van der Waals surface area contributed by atoms with Crippen molar-refractivity contribution in [1.82, 2.24) is 20.6 Å². The van der Waals surface area contributed by atoms with Crippen molar-refractivity contribution in [3.05, 3.63) is 65.7 Å². The molecular formula is C23H30IN5O2. The Bertz CT molecular complexity index is 957. The molecule has 0 aliphatic carbocycles. The summed E-state index contributed by atoms with van der Waals surface area (Å²) in [5.74, 6) is 1.95. The topological polar surface area (TPSA) is 84.6 Å². The van der Waals surface area contributed by atoms with Gasteiger partial charge in [-0.15, -0.1) is 24.0 Å². The van der Waals surface area contributed by atoms with E-state index in [0.717, 1.165) is 29.8 Å². The van der Waals surface area contributed by atoms with Crippen LogP contribution in [0.5, 0.6) is 5.88 Å². The standard InChI is InChI=1S/C23H29N5O2.HI/c1-4-13-29-21-19(7-6-12-25-21)14-26-23(24-5-2)27-15-20-16-30-22(28-20)18-10-8-17(3)9-11-18;/h6-12,16H,4-5,13-15H2,1-3H3,(H2,24,26,27);1H. The Kier molecular flexibility index (Phi) is 10.3. The fraction of sp³-hybridized carbons (Fsp3) is 0.348. The first-order valence-electron chi connectivity index (χ1n) is 10.3. The number of hydrogen-bond donors (Lipinski definition) is 2. The Labute approximate surface area is 200 Å². The normalized spacial score (nSPS) is 11.0. The smallest absolute Gasteiger partial charge is 0.226 e. The third-order valence-electron chi connectivity index (χ3n) is 4.33. The molecule has 0 saturated heterocycles. The summed E-state index contributed by atoms with van der Waals surface area (Å²) in [5, 5.41) is 6.55. The highest BCUT2D eigenvalue weighted by atomic mass is 127. The molecule has 0 aliphatic rings. The maximum Gasteiger partial charge on any atom is 0.226 e. The van der Waals surface area contributed by atoms with E-state index < -0.39 is 0 Å². The highest BCUT2D eigenvalue weighted by molar-refractivity contribution is 14.0. The molecule has 166 valence electrons. The van der Waals surface area contributed by atoms with Gasteiger partial charge < -0.3 is 19.8 Å². The van der Waals surface area contributed by atoms with E-state index in [-0.39, 0.29) is 24.0 Å². The average molecular weight is 535 g/mol. The lowest BCUT2D eigenvalue weighted by Crippen LogP contribution is -2.36. The van der Waals surface area contributed by atoms with E-state index in [1.165, 1.54) is 5.56 Å². The van der Waals surface area contributed by atoms with Gasteiger partial charge in [-0.1, -0.05) is 30.7 Å². The number of benzene rings is 1. The minimum absolute atomic E-state index is 0. The number of rotatable bonds is 9. The summed E-state index contributed by atoms with van der Waals surface area (Å²) in [7, 11) is 0. The van der Waals surface area contributed by atoms with Crippen molar-refractivity contribution in [3.8, 4) is 17.3 Å². The summed E-state index contributed by atoms with van der Waals surface area (Å²) in [5.41, 5.74) is 3.93. The summed E-state index contributed by atoms with van der Waals surface area (Å²) in [6.45, 7) is 8.53. The number of pyridine rings is 1. The van der Waals surface area contributed by atoms with Gasteiger partial charge in [-0.3, -0.25) is 0 Å². The van der Waals surface area contributed by atoms with Crippen LogP contribution in [0.1, 0.15) is 37.1 Å². The van der Waals surface area contributed by atoms with Gasteiger partial charge in [-0.25, -0.2) is 15.0 Å². The maximum absolute atomic E-state index is 5.72. The van der Waals surface area contributed by atoms with Gasteiger partial charge in [-0.05, 0) is 38.5 Å². The average Bonchev–Trinajstić information content (AvgIpc) is 3.24. The van der Waals surface area contributed by atoms with E-state index in [0.29, 0.717) is 37.4 Å². The van der Waals surface area contributed by atoms with Crippen molar-refractivity contribution < 1.29 is 9.15 Å². The molecule has 2 N–H and O–H groups in total. The predicted molar refractivity (Wildman–Crippen MR) is 134 cm³/mol. The SMILES string of the molecule is CCCOc1ncccc1CN=C(NCC)NCc1coc(-c2ccc(C)cc2)n1.I. The molecular weight excluding hydrogens is 505 g/mol. The first kappa shape index (κ1) is 24.6. The molecule has 0 atom stereocenters. The first-order chi connectivity index (χ1) is 14.7. The molecule has 0 saturated carbocycles. The van der Waals surface area contributed by atoms with Crippen LogP contribution >= 0.6 is 24.0 Å². The lowest BCUT2D eigenvalue weighted by Gasteiger charge is -2.11. The van der Waals surface area contributed by atoms with E-state index in [4.69, 9.17) is 9.15 Å². The van der Waals surface area contributed by atoms with Gasteiger partial charge in [0, 0.05) is 23.9 Å². The lowest BCUT2D eigenvalue weighted by atomic mass is 10.1. The van der Waals surface area contributed by atoms with Crippen molar-refractivity contribution in [2.45, 2.75) is 40.3 Å². The van der Waals surface area contributed by atoms with Crippen LogP contribution in [0.2, 0.25) is 0 Å². The molecule has 7 nitrogen and oxygen atoms in total. The molecule has 31 heavy (non-hydrogen) atoms. The van der Waals surface area contributed by atoms with Crippen LogP contribution < -0.4 is 15.4 Å². The zero-order valence-electron chi connectivity index (χ0n) is 18.2. The molecule has 3 aromatic rings. The summed E-state index contributed by atoms with van der Waals surface area (Å²) < 4.78 is 11.3. The fourth-order valence-corrected chi connectivity index (χ4v) is 2.77. The van der Waals surface area contributed by atoms with Crippen LogP contribution in [-0.4, -0.2) is 29.1 Å². The second kappa shape index (κ2) is 12.9. The van der Waals surface area contributed by atoms with E-state index in [2.05, 4.69) is 39.4 Å². The largest absolute Gasteiger partial charge is 0.477 e. The number of oxazole rings is 1. The Hall–Kier alpha value is -2.62. The number of aliphatic imine (C=N–C) groups is 1. The molecule has 2 aromatic heterocycles. The van der Waals surface area contributed by atoms with Crippen molar-refractivity contribution in [2.75, 3.05) is 13.2 Å². The van der Waals surface area contributed by atoms with E-state index >= 15 is 0 Å². The van der Waals surface area contributed by atoms with Gasteiger partial charge in [0.1, 0.15) is 6.26 Å². The number of guanidine groups is 1. The number of halogens is 1. The third kappa shape index (κ3) is 7.54. The molecule has 1 aromatic carbocycles. The summed E-state index contributed by atoms with van der Waals surface area (Å²) in [6.07, 6.45) is 4.34. The summed E-state index contributed by atoms with van der Waals surface area (Å²) in [4.78, 5) is 13.5. The second-order valence-electron chi connectivity index (χ2n) is 6.87. The zero-order chi connectivity index (χ0) is 21.2. The minimum Gasteiger partial charge on any atom is -0.477 e. The number of nitrogens with one attached hydrogen (secondary N) is 2. The number of nitrogens with zero attached hydrogens (tertiary/aromatic N) is 3. The van der Waals surface area contributed by atoms with Crippen molar-refractivity contribution >= 4 is 29.9 Å². The van der Waals surface area contributed by atoms with Crippen LogP contribution in [0.25, 0.3) is 11.5 Å². The molecule has 2 heterocycles. The quantitative estimate of drug-likeness (QED) is 0.235. The maximum atomic E-state index is 5.72. The van der Waals surface area contributed by atoms with Crippen LogP contribution in [0.4, 0.5) is 0 Å². The third-order valence-corrected chi connectivity index (χ3v) is 4.33.